The summed E-state index contributed by atoms with van der Waals surface area (Å²) in [4.78, 5) is 26.2. The summed E-state index contributed by atoms with van der Waals surface area (Å²) in [6, 6.07) is 7.15. The summed E-state index contributed by atoms with van der Waals surface area (Å²) >= 11 is 0. The maximum Gasteiger partial charge on any atom is 0.421 e. The minimum Gasteiger partial charge on any atom is -0.449 e. The Balaban J connectivity index is 1.25. The van der Waals surface area contributed by atoms with Gasteiger partial charge in [-0.2, -0.15) is 18.2 Å². The maximum atomic E-state index is 13.6. The molecule has 1 aromatic carbocycles. The summed E-state index contributed by atoms with van der Waals surface area (Å²) in [5, 5.41) is 5.85. The Bertz CT molecular complexity index is 1140. The number of benzene rings is 1. The van der Waals surface area contributed by atoms with Crippen molar-refractivity contribution in [3.05, 3.63) is 35.5 Å². The minimum atomic E-state index is -4.60. The standard InChI is InChI=1S/C25H32F3N7O2/c1-16-11-17(35-15-18-12-19(35)14-33(18)2)5-6-21(16)31-23-30-13-20(25(26,27)28)22(32-23)29-7-3-8-34-9-4-10-37-24(34)36/h5-6,11,13,18-19H,3-4,7-10,12,14-15H2,1-2H3,(H2,29,30,31,32)/t18-,19-/m0/s1. The molecule has 1 amide bonds. The first kappa shape index (κ1) is 25.4. The van der Waals surface area contributed by atoms with Crippen LogP contribution < -0.4 is 15.5 Å². The highest BCUT2D eigenvalue weighted by molar-refractivity contribution is 5.68. The number of alkyl halides is 3. The highest BCUT2D eigenvalue weighted by Gasteiger charge is 2.41. The van der Waals surface area contributed by atoms with E-state index in [1.807, 2.05) is 19.1 Å². The van der Waals surface area contributed by atoms with Crippen LogP contribution in [-0.2, 0) is 10.9 Å². The molecule has 12 heteroatoms. The van der Waals surface area contributed by atoms with Crippen molar-refractivity contribution < 1.29 is 22.7 Å². The van der Waals surface area contributed by atoms with Gasteiger partial charge < -0.3 is 25.2 Å². The van der Waals surface area contributed by atoms with Gasteiger partial charge in [-0.3, -0.25) is 4.90 Å². The lowest BCUT2D eigenvalue weighted by Crippen LogP contribution is -2.44. The summed E-state index contributed by atoms with van der Waals surface area (Å²) in [7, 11) is 2.16. The van der Waals surface area contributed by atoms with E-state index in [2.05, 4.69) is 43.5 Å². The van der Waals surface area contributed by atoms with Crippen molar-refractivity contribution in [1.82, 2.24) is 19.8 Å². The number of cyclic esters (lactones) is 1. The summed E-state index contributed by atoms with van der Waals surface area (Å²) in [6.45, 7) is 5.61. The Morgan fingerprint density at radius 2 is 2.05 bits per heavy atom. The first-order valence-corrected chi connectivity index (χ1v) is 12.6. The number of aromatic nitrogens is 2. The van der Waals surface area contributed by atoms with E-state index in [4.69, 9.17) is 4.74 Å². The Hall–Kier alpha value is -3.28. The van der Waals surface area contributed by atoms with Gasteiger partial charge in [-0.25, -0.2) is 9.78 Å². The molecule has 3 aliphatic heterocycles. The number of rotatable bonds is 8. The number of likely N-dealkylation sites (tertiary alicyclic amines) is 1. The third kappa shape index (κ3) is 5.53. The SMILES string of the molecule is Cc1cc(N2C[C@@H]3C[C@H]2CN3C)ccc1Nc1ncc(C(F)(F)F)c(NCCCN2CCCOC2=O)n1. The first-order valence-electron chi connectivity index (χ1n) is 12.6. The molecule has 0 aliphatic carbocycles. The van der Waals surface area contributed by atoms with Gasteiger partial charge in [0.2, 0.25) is 5.95 Å². The van der Waals surface area contributed by atoms with Crippen molar-refractivity contribution in [2.75, 3.05) is 61.9 Å². The Morgan fingerprint density at radius 3 is 2.73 bits per heavy atom. The number of ether oxygens (including phenoxy) is 1. The molecule has 3 fully saturated rings. The van der Waals surface area contributed by atoms with Gasteiger partial charge in [0.25, 0.3) is 0 Å². The van der Waals surface area contributed by atoms with Crippen molar-refractivity contribution >= 4 is 29.2 Å². The van der Waals surface area contributed by atoms with E-state index in [0.29, 0.717) is 38.2 Å². The molecule has 200 valence electrons. The van der Waals surface area contributed by atoms with Crippen LogP contribution in [0, 0.1) is 6.92 Å². The average molecular weight is 520 g/mol. The van der Waals surface area contributed by atoms with Crippen LogP contribution in [0.5, 0.6) is 0 Å². The number of nitrogens with zero attached hydrogens (tertiary/aromatic N) is 5. The van der Waals surface area contributed by atoms with Gasteiger partial charge in [0.1, 0.15) is 11.4 Å². The second-order valence-corrected chi connectivity index (χ2v) is 9.95. The van der Waals surface area contributed by atoms with Gasteiger partial charge in [0.15, 0.2) is 0 Å². The number of carbonyl (C=O) groups excluding carboxylic acids is 1. The summed E-state index contributed by atoms with van der Waals surface area (Å²) < 4.78 is 45.7. The molecular formula is C25H32F3N7O2. The number of hydrogen-bond acceptors (Lipinski definition) is 8. The van der Waals surface area contributed by atoms with Crippen LogP contribution in [0.4, 0.5) is 41.1 Å². The van der Waals surface area contributed by atoms with Gasteiger partial charge in [-0.15, -0.1) is 0 Å². The molecule has 1 aromatic heterocycles. The first-order chi connectivity index (χ1) is 17.7. The number of nitrogens with one attached hydrogen (secondary N) is 2. The lowest BCUT2D eigenvalue weighted by atomic mass is 10.1. The average Bonchev–Trinajstić information content (AvgIpc) is 3.43. The zero-order valence-electron chi connectivity index (χ0n) is 21.0. The molecule has 5 rings (SSSR count). The molecule has 2 bridgehead atoms. The molecule has 0 saturated carbocycles. The number of hydrogen-bond donors (Lipinski definition) is 2. The van der Waals surface area contributed by atoms with Crippen molar-refractivity contribution in [3.63, 3.8) is 0 Å². The fraction of sp³-hybridized carbons (Fsp3) is 0.560. The third-order valence-corrected chi connectivity index (χ3v) is 7.35. The summed E-state index contributed by atoms with van der Waals surface area (Å²) in [6.07, 6.45) is -1.82. The fourth-order valence-corrected chi connectivity index (χ4v) is 5.33. The quantitative estimate of drug-likeness (QED) is 0.505. The van der Waals surface area contributed by atoms with E-state index >= 15 is 0 Å². The van der Waals surface area contributed by atoms with Crippen molar-refractivity contribution in [1.29, 1.82) is 0 Å². The number of halogens is 3. The second-order valence-electron chi connectivity index (χ2n) is 9.95. The molecule has 4 heterocycles. The molecular weight excluding hydrogens is 487 g/mol. The third-order valence-electron chi connectivity index (χ3n) is 7.35. The Labute approximate surface area is 214 Å². The topological polar surface area (TPSA) is 85.9 Å². The zero-order valence-corrected chi connectivity index (χ0v) is 21.0. The minimum absolute atomic E-state index is 0.0767. The maximum absolute atomic E-state index is 13.6. The van der Waals surface area contributed by atoms with E-state index in [9.17, 15) is 18.0 Å². The van der Waals surface area contributed by atoms with Crippen LogP contribution in [0.25, 0.3) is 0 Å². The smallest absolute Gasteiger partial charge is 0.421 e. The van der Waals surface area contributed by atoms with E-state index in [1.165, 1.54) is 6.42 Å². The van der Waals surface area contributed by atoms with Crippen molar-refractivity contribution in [2.24, 2.45) is 0 Å². The molecule has 0 unspecified atom stereocenters. The predicted octanol–water partition coefficient (Wildman–Crippen LogP) is 4.08. The van der Waals surface area contributed by atoms with Crippen LogP contribution >= 0.6 is 0 Å². The molecule has 2 aromatic rings. The van der Waals surface area contributed by atoms with E-state index < -0.39 is 11.7 Å². The van der Waals surface area contributed by atoms with E-state index in [1.54, 1.807) is 4.90 Å². The number of anilines is 4. The highest BCUT2D eigenvalue weighted by atomic mass is 19.4. The predicted molar refractivity (Wildman–Crippen MR) is 134 cm³/mol. The molecule has 3 aliphatic rings. The number of fused-ring (bicyclic) bond motifs is 2. The molecule has 37 heavy (non-hydrogen) atoms. The Morgan fingerprint density at radius 1 is 1.22 bits per heavy atom. The fourth-order valence-electron chi connectivity index (χ4n) is 5.33. The molecule has 2 N–H and O–H groups in total. The summed E-state index contributed by atoms with van der Waals surface area (Å²) in [5.41, 5.74) is 1.91. The number of piperazine rings is 1. The van der Waals surface area contributed by atoms with Crippen LogP contribution in [0.3, 0.4) is 0 Å². The number of carbonyl (C=O) groups is 1. The Kier molecular flexibility index (Phi) is 7.02. The highest BCUT2D eigenvalue weighted by Crippen LogP contribution is 2.36. The number of amides is 1. The van der Waals surface area contributed by atoms with Crippen LogP contribution in [0.15, 0.2) is 24.4 Å². The van der Waals surface area contributed by atoms with Gasteiger partial charge >= 0.3 is 12.3 Å². The van der Waals surface area contributed by atoms with Crippen molar-refractivity contribution in [3.8, 4) is 0 Å². The normalized spacial score (nSPS) is 21.9. The molecule has 9 nitrogen and oxygen atoms in total. The lowest BCUT2D eigenvalue weighted by molar-refractivity contribution is -0.137. The number of likely N-dealkylation sites (N-methyl/N-ethyl adjacent to an activating group) is 1. The van der Waals surface area contributed by atoms with Gasteiger partial charge in [0, 0.05) is 62.4 Å². The largest absolute Gasteiger partial charge is 0.449 e. The zero-order chi connectivity index (χ0) is 26.2. The van der Waals surface area contributed by atoms with Crippen LogP contribution in [0.2, 0.25) is 0 Å². The van der Waals surface area contributed by atoms with Crippen LogP contribution in [0.1, 0.15) is 30.4 Å². The molecule has 2 atom stereocenters. The van der Waals surface area contributed by atoms with Gasteiger partial charge in [-0.1, -0.05) is 0 Å². The van der Waals surface area contributed by atoms with Crippen LogP contribution in [-0.4, -0.2) is 84.3 Å². The number of aryl methyl sites for hydroxylation is 1. The van der Waals surface area contributed by atoms with Crippen molar-refractivity contribution in [2.45, 2.75) is 44.4 Å². The molecule has 3 saturated heterocycles. The monoisotopic (exact) mass is 519 g/mol. The van der Waals surface area contributed by atoms with E-state index in [-0.39, 0.29) is 24.4 Å². The second kappa shape index (κ2) is 10.2. The van der Waals surface area contributed by atoms with E-state index in [0.717, 1.165) is 42.6 Å². The lowest BCUT2D eigenvalue weighted by Gasteiger charge is -2.34. The van der Waals surface area contributed by atoms with Gasteiger partial charge in [-0.05, 0) is 57.0 Å². The van der Waals surface area contributed by atoms with Gasteiger partial charge in [0.05, 0.1) is 6.61 Å². The molecule has 0 spiro atoms. The summed E-state index contributed by atoms with van der Waals surface area (Å²) in [5.74, 6) is -0.217. The molecule has 0 radical (unpaired) electrons.